The molecule has 5 nitrogen and oxygen atoms in total. The predicted molar refractivity (Wildman–Crippen MR) is 71.4 cm³/mol. The Morgan fingerprint density at radius 2 is 1.94 bits per heavy atom. The van der Waals surface area contributed by atoms with Crippen LogP contribution < -0.4 is 11.1 Å². The van der Waals surface area contributed by atoms with Gasteiger partial charge in [0.2, 0.25) is 5.91 Å². The molecule has 1 amide bonds. The molecule has 94 valence electrons. The van der Waals surface area contributed by atoms with Crippen molar-refractivity contribution in [3.63, 3.8) is 0 Å². The molecule has 0 aliphatic heterocycles. The van der Waals surface area contributed by atoms with Gasteiger partial charge in [0.05, 0.1) is 0 Å². The number of rotatable bonds is 5. The first-order chi connectivity index (χ1) is 7.87. The van der Waals surface area contributed by atoms with E-state index in [1.54, 1.807) is 24.3 Å². The molecule has 1 rings (SSSR count). The molecule has 1 aromatic carbocycles. The molecule has 0 aromatic heterocycles. The first-order valence-electron chi connectivity index (χ1n) is 4.86. The highest BCUT2D eigenvalue weighted by molar-refractivity contribution is 8.71. The number of hydrogen-bond acceptors (Lipinski definition) is 5. The van der Waals surface area contributed by atoms with E-state index in [9.17, 15) is 13.2 Å². The Labute approximate surface area is 104 Å². The van der Waals surface area contributed by atoms with Crippen LogP contribution in [0.3, 0.4) is 0 Å². The molecule has 0 spiro atoms. The molecule has 0 aliphatic carbocycles. The molecule has 0 radical (unpaired) electrons. The van der Waals surface area contributed by atoms with Crippen LogP contribution in [-0.4, -0.2) is 26.3 Å². The van der Waals surface area contributed by atoms with Crippen molar-refractivity contribution in [1.82, 2.24) is 0 Å². The number of nitrogens with one attached hydrogen (secondary N) is 1. The van der Waals surface area contributed by atoms with Crippen molar-refractivity contribution < 1.29 is 13.2 Å². The highest BCUT2D eigenvalue weighted by atomic mass is 33.1. The Bertz CT molecular complexity index is 483. The van der Waals surface area contributed by atoms with Gasteiger partial charge in [0.1, 0.15) is 0 Å². The average Bonchev–Trinajstić information content (AvgIpc) is 2.19. The van der Waals surface area contributed by atoms with E-state index in [1.807, 2.05) is 0 Å². The topological polar surface area (TPSA) is 89.3 Å². The summed E-state index contributed by atoms with van der Waals surface area (Å²) in [7, 11) is -2.31. The molecule has 0 atom stereocenters. The standard InChI is InChI=1S/C10H14N2O3S2/c1-17(14,15)16-7-6-10(13)12-9-4-2-8(11)3-5-9/h2-5H,6-7,11H2,1H3,(H,12,13). The van der Waals surface area contributed by atoms with Crippen molar-refractivity contribution >= 4 is 36.9 Å². The third-order valence-corrected chi connectivity index (χ3v) is 4.40. The van der Waals surface area contributed by atoms with Gasteiger partial charge in [-0.25, -0.2) is 8.42 Å². The summed E-state index contributed by atoms with van der Waals surface area (Å²) in [4.78, 5) is 11.4. The smallest absolute Gasteiger partial charge is 0.225 e. The lowest BCUT2D eigenvalue weighted by atomic mass is 10.3. The van der Waals surface area contributed by atoms with Crippen LogP contribution in [0.2, 0.25) is 0 Å². The van der Waals surface area contributed by atoms with Gasteiger partial charge < -0.3 is 11.1 Å². The Balaban J connectivity index is 2.37. The van der Waals surface area contributed by atoms with Crippen LogP contribution in [0.25, 0.3) is 0 Å². The lowest BCUT2D eigenvalue weighted by Crippen LogP contribution is -2.12. The molecule has 0 bridgehead atoms. The average molecular weight is 274 g/mol. The van der Waals surface area contributed by atoms with Crippen LogP contribution in [0, 0.1) is 0 Å². The predicted octanol–water partition coefficient (Wildman–Crippen LogP) is 1.29. The van der Waals surface area contributed by atoms with Crippen molar-refractivity contribution in [2.75, 3.05) is 23.1 Å². The number of hydrogen-bond donors (Lipinski definition) is 2. The van der Waals surface area contributed by atoms with Crippen molar-refractivity contribution in [1.29, 1.82) is 0 Å². The summed E-state index contributed by atoms with van der Waals surface area (Å²) in [5.74, 6) is 0.0329. The van der Waals surface area contributed by atoms with E-state index in [-0.39, 0.29) is 18.1 Å². The summed E-state index contributed by atoms with van der Waals surface area (Å²) in [6.07, 6.45) is 1.28. The van der Waals surface area contributed by atoms with Gasteiger partial charge in [-0.1, -0.05) is 0 Å². The first-order valence-corrected chi connectivity index (χ1v) is 8.26. The number of benzene rings is 1. The fraction of sp³-hybridized carbons (Fsp3) is 0.300. The van der Waals surface area contributed by atoms with E-state index < -0.39 is 8.87 Å². The lowest BCUT2D eigenvalue weighted by molar-refractivity contribution is -0.115. The van der Waals surface area contributed by atoms with E-state index in [1.165, 1.54) is 0 Å². The Morgan fingerprint density at radius 1 is 1.35 bits per heavy atom. The summed E-state index contributed by atoms with van der Waals surface area (Å²) in [6, 6.07) is 6.75. The third kappa shape index (κ3) is 6.18. The van der Waals surface area contributed by atoms with E-state index in [4.69, 9.17) is 5.73 Å². The van der Waals surface area contributed by atoms with Gasteiger partial charge in [-0.05, 0) is 35.1 Å². The Kier molecular flexibility index (Phi) is 4.83. The lowest BCUT2D eigenvalue weighted by Gasteiger charge is -2.04. The second-order valence-electron chi connectivity index (χ2n) is 3.45. The van der Waals surface area contributed by atoms with Crippen molar-refractivity contribution in [2.24, 2.45) is 0 Å². The van der Waals surface area contributed by atoms with Crippen LogP contribution in [0.5, 0.6) is 0 Å². The molecule has 0 saturated heterocycles. The molecular formula is C10H14N2O3S2. The quantitative estimate of drug-likeness (QED) is 0.624. The van der Waals surface area contributed by atoms with Gasteiger partial charge in [0, 0.05) is 29.8 Å². The third-order valence-electron chi connectivity index (χ3n) is 1.82. The van der Waals surface area contributed by atoms with Gasteiger partial charge in [0.25, 0.3) is 0 Å². The van der Waals surface area contributed by atoms with Crippen LogP contribution in [0.15, 0.2) is 24.3 Å². The summed E-state index contributed by atoms with van der Waals surface area (Å²) in [6.45, 7) is 0. The summed E-state index contributed by atoms with van der Waals surface area (Å²) in [5.41, 5.74) is 6.77. The number of nitrogens with two attached hydrogens (primary N) is 1. The van der Waals surface area contributed by atoms with Crippen LogP contribution >= 0.6 is 10.8 Å². The molecule has 0 unspecified atom stereocenters. The minimum atomic E-state index is -3.08. The number of carbonyl (C=O) groups excluding carboxylic acids is 1. The summed E-state index contributed by atoms with van der Waals surface area (Å²) in [5, 5.41) is 2.65. The van der Waals surface area contributed by atoms with Crippen LogP contribution in [0.4, 0.5) is 11.4 Å². The fourth-order valence-electron chi connectivity index (χ4n) is 1.08. The highest BCUT2D eigenvalue weighted by Crippen LogP contribution is 2.13. The van der Waals surface area contributed by atoms with Gasteiger partial charge in [-0.2, -0.15) is 0 Å². The molecule has 17 heavy (non-hydrogen) atoms. The van der Waals surface area contributed by atoms with Crippen molar-refractivity contribution in [3.05, 3.63) is 24.3 Å². The molecule has 0 fully saturated rings. The molecule has 3 N–H and O–H groups in total. The Morgan fingerprint density at radius 3 is 2.47 bits per heavy atom. The second-order valence-corrected chi connectivity index (χ2v) is 8.02. The molecule has 0 heterocycles. The molecule has 1 aromatic rings. The maximum Gasteiger partial charge on any atom is 0.225 e. The summed E-state index contributed by atoms with van der Waals surface area (Å²) < 4.78 is 21.7. The minimum absolute atomic E-state index is 0.155. The van der Waals surface area contributed by atoms with Gasteiger partial charge >= 0.3 is 0 Å². The van der Waals surface area contributed by atoms with Gasteiger partial charge in [-0.15, -0.1) is 0 Å². The molecule has 7 heteroatoms. The maximum atomic E-state index is 11.4. The molecular weight excluding hydrogens is 260 g/mol. The van der Waals surface area contributed by atoms with Gasteiger partial charge in [0.15, 0.2) is 8.87 Å². The zero-order chi connectivity index (χ0) is 12.9. The first kappa shape index (κ1) is 13.9. The summed E-state index contributed by atoms with van der Waals surface area (Å²) >= 11 is 0. The highest BCUT2D eigenvalue weighted by Gasteiger charge is 2.06. The molecule has 0 saturated carbocycles. The zero-order valence-corrected chi connectivity index (χ0v) is 11.0. The largest absolute Gasteiger partial charge is 0.399 e. The fourth-order valence-corrected chi connectivity index (χ4v) is 2.81. The normalized spacial score (nSPS) is 11.1. The maximum absolute atomic E-state index is 11.4. The van der Waals surface area contributed by atoms with Crippen LogP contribution in [-0.2, 0) is 13.7 Å². The number of anilines is 2. The van der Waals surface area contributed by atoms with E-state index in [0.717, 1.165) is 17.0 Å². The SMILES string of the molecule is CS(=O)(=O)SCCC(=O)Nc1ccc(N)cc1. The van der Waals surface area contributed by atoms with E-state index >= 15 is 0 Å². The minimum Gasteiger partial charge on any atom is -0.399 e. The van der Waals surface area contributed by atoms with Crippen LogP contribution in [0.1, 0.15) is 6.42 Å². The monoisotopic (exact) mass is 274 g/mol. The number of amides is 1. The van der Waals surface area contributed by atoms with E-state index in [0.29, 0.717) is 11.4 Å². The number of carbonyl (C=O) groups is 1. The van der Waals surface area contributed by atoms with E-state index in [2.05, 4.69) is 5.32 Å². The zero-order valence-electron chi connectivity index (χ0n) is 9.34. The van der Waals surface area contributed by atoms with Crippen molar-refractivity contribution in [2.45, 2.75) is 6.42 Å². The second kappa shape index (κ2) is 5.92. The number of nitrogen functional groups attached to an aromatic ring is 1. The van der Waals surface area contributed by atoms with Crippen molar-refractivity contribution in [3.8, 4) is 0 Å². The Hall–Kier alpha value is -1.21. The van der Waals surface area contributed by atoms with Gasteiger partial charge in [-0.3, -0.25) is 4.79 Å². The molecule has 0 aliphatic rings.